The Bertz CT molecular complexity index is 1630. The Labute approximate surface area is 253 Å². The van der Waals surface area contributed by atoms with Crippen LogP contribution in [0.4, 0.5) is 15.8 Å². The molecule has 0 saturated heterocycles. The van der Waals surface area contributed by atoms with E-state index >= 15 is 4.39 Å². The van der Waals surface area contributed by atoms with Crippen LogP contribution in [0.15, 0.2) is 97.2 Å². The Hall–Kier alpha value is -4.07. The number of halogens is 2. The molecule has 8 heteroatoms. The molecule has 0 aliphatic carbocycles. The summed E-state index contributed by atoms with van der Waals surface area (Å²) in [6.45, 7) is 6.86. The minimum Gasteiger partial charge on any atom is -0.548 e. The lowest BCUT2D eigenvalue weighted by Gasteiger charge is -2.35. The van der Waals surface area contributed by atoms with Crippen molar-refractivity contribution in [1.29, 1.82) is 0 Å². The molecule has 4 aromatic carbocycles. The predicted molar refractivity (Wildman–Crippen MR) is 172 cm³/mol. The maximum absolute atomic E-state index is 15.2. The zero-order valence-corrected chi connectivity index (χ0v) is 26.3. The zero-order valence-electron chi connectivity index (χ0n) is 24.2. The van der Waals surface area contributed by atoms with Gasteiger partial charge in [-0.05, 0) is 41.3 Å². The molecule has 0 aliphatic heterocycles. The van der Waals surface area contributed by atoms with Gasteiger partial charge < -0.3 is 19.2 Å². The van der Waals surface area contributed by atoms with Gasteiger partial charge in [-0.25, -0.2) is 4.39 Å². The predicted octanol–water partition coefficient (Wildman–Crippen LogP) is 8.67. The first kappa shape index (κ1) is 29.4. The van der Waals surface area contributed by atoms with E-state index < -0.39 is 15.6 Å². The highest BCUT2D eigenvalue weighted by Crippen LogP contribution is 2.46. The van der Waals surface area contributed by atoms with Gasteiger partial charge in [0.05, 0.1) is 29.9 Å². The molecule has 0 fully saturated rings. The van der Waals surface area contributed by atoms with E-state index in [1.165, 1.54) is 17.2 Å². The number of anilines is 2. The molecule has 0 spiro atoms. The second-order valence-corrected chi connectivity index (χ2v) is 13.5. The molecule has 1 N–H and O–H groups in total. The first-order chi connectivity index (χ1) is 20.3. The van der Waals surface area contributed by atoms with Gasteiger partial charge in [0.15, 0.2) is 11.5 Å². The number of methoxy groups -OCH3 is 1. The van der Waals surface area contributed by atoms with Crippen LogP contribution in [0, 0.1) is 5.82 Å². The molecule has 0 aliphatic rings. The molecule has 5 nitrogen and oxygen atoms in total. The number of hydrogen-bond acceptors (Lipinski definition) is 5. The molecule has 216 valence electrons. The molecule has 1 heterocycles. The third-order valence-corrected chi connectivity index (χ3v) is 9.17. The lowest BCUT2D eigenvalue weighted by atomic mass is 9.82. The molecule has 42 heavy (non-hydrogen) atoms. The van der Waals surface area contributed by atoms with Gasteiger partial charge in [-0.2, -0.15) is 0 Å². The smallest absolute Gasteiger partial charge is 0.226 e. The van der Waals surface area contributed by atoms with Crippen LogP contribution in [-0.2, 0) is 0 Å². The molecule has 0 unspecified atom stereocenters. The second kappa shape index (κ2) is 12.8. The van der Waals surface area contributed by atoms with Crippen molar-refractivity contribution in [2.45, 2.75) is 31.7 Å². The van der Waals surface area contributed by atoms with E-state index in [0.29, 0.717) is 35.1 Å². The third-order valence-electron chi connectivity index (χ3n) is 7.26. The average Bonchev–Trinajstić information content (AvgIpc) is 2.99. The Morgan fingerprint density at radius 3 is 2.17 bits per heavy atom. The molecule has 5 rings (SSSR count). The molecule has 0 atom stereocenters. The highest BCUT2D eigenvalue weighted by atomic mass is 35.5. The van der Waals surface area contributed by atoms with Gasteiger partial charge >= 0.3 is 0 Å². The van der Waals surface area contributed by atoms with Crippen molar-refractivity contribution in [3.8, 4) is 17.2 Å². The van der Waals surface area contributed by atoms with Gasteiger partial charge in [0.2, 0.25) is 9.76 Å². The van der Waals surface area contributed by atoms with Crippen LogP contribution < -0.4 is 19.2 Å². The molecule has 0 bridgehead atoms. The molecule has 0 radical (unpaired) electrons. The van der Waals surface area contributed by atoms with E-state index in [0.717, 1.165) is 5.39 Å². The SMILES string of the molecule is CCOc1cc2nccc(Nc3cc(O[SiH2]C(C)(C)C(c4ccccc4)c4ccccc4)c(Cl)cc3F)c2cc1OC. The molecular weight excluding hydrogens is 567 g/mol. The van der Waals surface area contributed by atoms with E-state index in [1.54, 1.807) is 25.4 Å². The molecule has 5 aromatic rings. The van der Waals surface area contributed by atoms with E-state index in [2.05, 4.69) is 72.7 Å². The van der Waals surface area contributed by atoms with Crippen LogP contribution in [0.25, 0.3) is 10.9 Å². The maximum Gasteiger partial charge on any atom is 0.226 e. The minimum atomic E-state index is -1.24. The summed E-state index contributed by atoms with van der Waals surface area (Å²) in [5, 5.41) is 4.03. The second-order valence-electron chi connectivity index (χ2n) is 10.7. The van der Waals surface area contributed by atoms with Gasteiger partial charge in [-0.1, -0.05) is 86.1 Å². The number of benzene rings is 4. The molecular formula is C34H34ClFN2O3Si. The molecule has 0 saturated carbocycles. The van der Waals surface area contributed by atoms with Crippen molar-refractivity contribution in [3.63, 3.8) is 0 Å². The summed E-state index contributed by atoms with van der Waals surface area (Å²) < 4.78 is 32.9. The number of pyridine rings is 1. The van der Waals surface area contributed by atoms with Crippen molar-refractivity contribution in [2.24, 2.45) is 0 Å². The number of rotatable bonds is 11. The van der Waals surface area contributed by atoms with Crippen LogP contribution in [0.2, 0.25) is 10.1 Å². The molecule has 0 amide bonds. The summed E-state index contributed by atoms with van der Waals surface area (Å²) in [5.74, 6) is 1.27. The van der Waals surface area contributed by atoms with Crippen molar-refractivity contribution in [3.05, 3.63) is 119 Å². The van der Waals surface area contributed by atoms with Crippen molar-refractivity contribution >= 4 is 43.6 Å². The molecule has 1 aromatic heterocycles. The topological polar surface area (TPSA) is 52.6 Å². The summed E-state index contributed by atoms with van der Waals surface area (Å²) in [5.41, 5.74) is 4.07. The fourth-order valence-electron chi connectivity index (χ4n) is 5.30. The summed E-state index contributed by atoms with van der Waals surface area (Å²) in [6, 6.07) is 29.3. The number of nitrogens with one attached hydrogen (secondary N) is 1. The summed E-state index contributed by atoms with van der Waals surface area (Å²) in [7, 11) is 0.343. The summed E-state index contributed by atoms with van der Waals surface area (Å²) in [4.78, 5) is 4.47. The summed E-state index contributed by atoms with van der Waals surface area (Å²) in [6.07, 6.45) is 1.67. The fraction of sp³-hybridized carbons (Fsp3) is 0.206. The zero-order chi connectivity index (χ0) is 29.7. The monoisotopic (exact) mass is 600 g/mol. The number of hydrogen-bond donors (Lipinski definition) is 1. The van der Waals surface area contributed by atoms with Crippen LogP contribution in [0.1, 0.15) is 37.8 Å². The van der Waals surface area contributed by atoms with E-state index in [-0.39, 0.29) is 21.7 Å². The van der Waals surface area contributed by atoms with Gasteiger partial charge in [-0.3, -0.25) is 4.98 Å². The number of aromatic nitrogens is 1. The van der Waals surface area contributed by atoms with Crippen molar-refractivity contribution < 1.29 is 18.3 Å². The van der Waals surface area contributed by atoms with E-state index in [9.17, 15) is 0 Å². The van der Waals surface area contributed by atoms with Crippen molar-refractivity contribution in [2.75, 3.05) is 19.0 Å². The van der Waals surface area contributed by atoms with Gasteiger partial charge in [-0.15, -0.1) is 0 Å². The van der Waals surface area contributed by atoms with Crippen molar-refractivity contribution in [1.82, 2.24) is 4.98 Å². The van der Waals surface area contributed by atoms with E-state index in [4.69, 9.17) is 25.5 Å². The largest absolute Gasteiger partial charge is 0.548 e. The number of fused-ring (bicyclic) bond motifs is 1. The average molecular weight is 601 g/mol. The maximum atomic E-state index is 15.2. The quantitative estimate of drug-likeness (QED) is 0.154. The third kappa shape index (κ3) is 6.37. The first-order valence-electron chi connectivity index (χ1n) is 13.9. The van der Waals surface area contributed by atoms with Gasteiger partial charge in [0.1, 0.15) is 11.6 Å². The standard InChI is InChI=1S/C34H34ClFN2O3Si/c1-5-40-32-20-28-24(18-31(32)39-4)27(16-17-37-28)38-29-21-30(25(35)19-26(29)36)41-42-34(2,3)33(22-12-8-6-9-13-22)23-14-10-7-11-15-23/h6-21,33H,5,42H2,1-4H3,(H,37,38). The normalized spacial score (nSPS) is 11.8. The van der Waals surface area contributed by atoms with Crippen LogP contribution >= 0.6 is 11.6 Å². The summed E-state index contributed by atoms with van der Waals surface area (Å²) >= 11 is 6.52. The Balaban J connectivity index is 1.43. The highest BCUT2D eigenvalue weighted by molar-refractivity contribution is 6.36. The first-order valence-corrected chi connectivity index (χ1v) is 15.5. The van der Waals surface area contributed by atoms with Crippen LogP contribution in [0.5, 0.6) is 17.2 Å². The Morgan fingerprint density at radius 1 is 0.881 bits per heavy atom. The van der Waals surface area contributed by atoms with Gasteiger partial charge in [0.25, 0.3) is 0 Å². The Morgan fingerprint density at radius 2 is 1.55 bits per heavy atom. The van der Waals surface area contributed by atoms with E-state index in [1.807, 2.05) is 31.2 Å². The lowest BCUT2D eigenvalue weighted by Crippen LogP contribution is -2.27. The number of ether oxygens (including phenoxy) is 2. The fourth-order valence-corrected chi connectivity index (χ4v) is 7.00. The van der Waals surface area contributed by atoms with Crippen LogP contribution in [-0.4, -0.2) is 28.5 Å². The minimum absolute atomic E-state index is 0.128. The highest BCUT2D eigenvalue weighted by Gasteiger charge is 2.34. The lowest BCUT2D eigenvalue weighted by molar-refractivity contribution is 0.311. The Kier molecular flexibility index (Phi) is 8.99. The number of nitrogens with zero attached hydrogens (tertiary/aromatic N) is 1. The van der Waals surface area contributed by atoms with Crippen LogP contribution in [0.3, 0.4) is 0 Å². The van der Waals surface area contributed by atoms with Gasteiger partial charge in [0, 0.05) is 35.3 Å².